The first-order chi connectivity index (χ1) is 17.6. The van der Waals surface area contributed by atoms with Gasteiger partial charge in [-0.15, -0.1) is 0 Å². The molecule has 7 nitrogen and oxygen atoms in total. The van der Waals surface area contributed by atoms with Gasteiger partial charge in [0, 0.05) is 37.0 Å². The average Bonchev–Trinajstić information content (AvgIpc) is 3.29. The second-order valence-electron chi connectivity index (χ2n) is 8.85. The van der Waals surface area contributed by atoms with Crippen LogP contribution in [-0.2, 0) is 16.0 Å². The molecule has 0 amide bonds. The fraction of sp³-hybridized carbons (Fsp3) is 0.286. The zero-order valence-electron chi connectivity index (χ0n) is 19.9. The van der Waals surface area contributed by atoms with Crippen LogP contribution in [0.15, 0.2) is 60.7 Å². The smallest absolute Gasteiger partial charge is 0.303 e. The number of nitrogens with zero attached hydrogens (tertiary/aromatic N) is 2. The van der Waals surface area contributed by atoms with Crippen LogP contribution in [0.5, 0.6) is 5.75 Å². The van der Waals surface area contributed by atoms with Gasteiger partial charge in [-0.25, -0.2) is 0 Å². The van der Waals surface area contributed by atoms with Gasteiger partial charge < -0.3 is 14.6 Å². The van der Waals surface area contributed by atoms with Crippen LogP contribution in [0.1, 0.15) is 12.1 Å². The molecule has 0 saturated carbocycles. The van der Waals surface area contributed by atoms with Crippen molar-refractivity contribution >= 4 is 28.5 Å². The van der Waals surface area contributed by atoms with Crippen molar-refractivity contribution in [3.8, 4) is 28.0 Å². The van der Waals surface area contributed by atoms with Crippen molar-refractivity contribution < 1.29 is 19.4 Å². The van der Waals surface area contributed by atoms with Crippen LogP contribution < -0.4 is 4.74 Å². The number of H-pyrrole nitrogens is 1. The average molecular weight is 506 g/mol. The van der Waals surface area contributed by atoms with Crippen molar-refractivity contribution in [3.05, 3.63) is 71.4 Å². The van der Waals surface area contributed by atoms with Crippen molar-refractivity contribution in [1.29, 1.82) is 0 Å². The van der Waals surface area contributed by atoms with Crippen LogP contribution in [0.25, 0.3) is 33.2 Å². The van der Waals surface area contributed by atoms with E-state index < -0.39 is 5.97 Å². The van der Waals surface area contributed by atoms with Crippen LogP contribution in [0.4, 0.5) is 0 Å². The number of morpholine rings is 1. The van der Waals surface area contributed by atoms with Crippen molar-refractivity contribution in [2.45, 2.75) is 12.8 Å². The fourth-order valence-corrected chi connectivity index (χ4v) is 4.71. The van der Waals surface area contributed by atoms with Crippen LogP contribution >= 0.6 is 11.6 Å². The standard InChI is InChI=1S/C28H28ClN3O4/c29-25-18-27-24(26(30-31-27)9-10-28(33)34)17-23(25)21-3-1-19(2-4-21)20-5-7-22(8-6-20)36-16-13-32-11-14-35-15-12-32/h1-8,17-18H,9-16H2,(H,30,31)(H,33,34). The van der Waals surface area contributed by atoms with E-state index in [1.165, 1.54) is 0 Å². The molecule has 0 unspecified atom stereocenters. The van der Waals surface area contributed by atoms with Crippen LogP contribution in [0.3, 0.4) is 0 Å². The number of fused-ring (bicyclic) bond motifs is 1. The highest BCUT2D eigenvalue weighted by atomic mass is 35.5. The molecule has 0 bridgehead atoms. The number of hydrogen-bond acceptors (Lipinski definition) is 5. The molecule has 1 aromatic heterocycles. The lowest BCUT2D eigenvalue weighted by Crippen LogP contribution is -2.38. The molecule has 1 aliphatic heterocycles. The second kappa shape index (κ2) is 11.1. The highest BCUT2D eigenvalue weighted by molar-refractivity contribution is 6.34. The Kier molecular flexibility index (Phi) is 7.51. The Morgan fingerprint density at radius 2 is 1.69 bits per heavy atom. The summed E-state index contributed by atoms with van der Waals surface area (Å²) in [5, 5.41) is 17.8. The Morgan fingerprint density at radius 1 is 1.03 bits per heavy atom. The van der Waals surface area contributed by atoms with Gasteiger partial charge in [-0.2, -0.15) is 5.10 Å². The van der Waals surface area contributed by atoms with Crippen molar-refractivity contribution in [1.82, 2.24) is 15.1 Å². The van der Waals surface area contributed by atoms with Crippen LogP contribution in [-0.4, -0.2) is 65.6 Å². The Bertz CT molecular complexity index is 1330. The first-order valence-electron chi connectivity index (χ1n) is 12.1. The SMILES string of the molecule is O=C(O)CCc1n[nH]c2cc(Cl)c(-c3ccc(-c4ccc(OCCN5CCOCC5)cc4)cc3)cc12. The van der Waals surface area contributed by atoms with E-state index >= 15 is 0 Å². The summed E-state index contributed by atoms with van der Waals surface area (Å²) in [5.41, 5.74) is 5.61. The lowest BCUT2D eigenvalue weighted by atomic mass is 9.98. The summed E-state index contributed by atoms with van der Waals surface area (Å²) in [6.45, 7) is 5.09. The fourth-order valence-electron chi connectivity index (χ4n) is 4.43. The molecule has 1 saturated heterocycles. The minimum atomic E-state index is -0.844. The third-order valence-corrected chi connectivity index (χ3v) is 6.78. The first kappa shape index (κ1) is 24.3. The molecule has 0 radical (unpaired) electrons. The van der Waals surface area contributed by atoms with Gasteiger partial charge >= 0.3 is 5.97 Å². The third kappa shape index (κ3) is 5.70. The summed E-state index contributed by atoms with van der Waals surface area (Å²) in [4.78, 5) is 13.3. The zero-order valence-corrected chi connectivity index (χ0v) is 20.6. The number of carbonyl (C=O) groups is 1. The van der Waals surface area contributed by atoms with Gasteiger partial charge in [0.15, 0.2) is 0 Å². The zero-order chi connectivity index (χ0) is 24.9. The van der Waals surface area contributed by atoms with Crippen LogP contribution in [0, 0.1) is 0 Å². The number of aliphatic carboxylic acids is 1. The molecule has 3 aromatic carbocycles. The maximum Gasteiger partial charge on any atom is 0.303 e. The van der Waals surface area contributed by atoms with Gasteiger partial charge in [-0.1, -0.05) is 48.0 Å². The summed E-state index contributed by atoms with van der Waals surface area (Å²) in [6.07, 6.45) is 0.395. The minimum absolute atomic E-state index is 0.0321. The number of rotatable bonds is 9. The van der Waals surface area contributed by atoms with Crippen molar-refractivity contribution in [3.63, 3.8) is 0 Å². The van der Waals surface area contributed by atoms with E-state index in [4.69, 9.17) is 26.2 Å². The van der Waals surface area contributed by atoms with Gasteiger partial charge in [-0.3, -0.25) is 14.8 Å². The predicted molar refractivity (Wildman–Crippen MR) is 141 cm³/mol. The van der Waals surface area contributed by atoms with E-state index in [0.717, 1.165) is 77.4 Å². The van der Waals surface area contributed by atoms with Gasteiger partial charge in [0.1, 0.15) is 12.4 Å². The third-order valence-electron chi connectivity index (χ3n) is 6.47. The summed E-state index contributed by atoms with van der Waals surface area (Å²) in [7, 11) is 0. The Labute approximate surface area is 214 Å². The van der Waals surface area contributed by atoms with Gasteiger partial charge in [0.25, 0.3) is 0 Å². The molecule has 2 N–H and O–H groups in total. The largest absolute Gasteiger partial charge is 0.492 e. The second-order valence-corrected chi connectivity index (χ2v) is 9.25. The minimum Gasteiger partial charge on any atom is -0.492 e. The van der Waals surface area contributed by atoms with E-state index in [9.17, 15) is 4.79 Å². The topological polar surface area (TPSA) is 87.7 Å². The molecule has 5 rings (SSSR count). The van der Waals surface area contributed by atoms with Gasteiger partial charge in [0.2, 0.25) is 0 Å². The van der Waals surface area contributed by atoms with Crippen molar-refractivity contribution in [2.75, 3.05) is 39.5 Å². The molecule has 0 spiro atoms. The number of nitrogens with one attached hydrogen (secondary N) is 1. The number of carboxylic acid groups (broad SMARTS) is 1. The molecule has 8 heteroatoms. The molecule has 1 fully saturated rings. The number of halogens is 1. The number of aromatic nitrogens is 2. The summed E-state index contributed by atoms with van der Waals surface area (Å²) in [5.74, 6) is 0.0195. The Morgan fingerprint density at radius 3 is 2.39 bits per heavy atom. The summed E-state index contributed by atoms with van der Waals surface area (Å²) < 4.78 is 11.3. The number of benzene rings is 3. The lowest BCUT2D eigenvalue weighted by molar-refractivity contribution is -0.136. The molecule has 0 aliphatic carbocycles. The first-order valence-corrected chi connectivity index (χ1v) is 12.5. The predicted octanol–water partition coefficient (Wildman–Crippen LogP) is 5.28. The highest BCUT2D eigenvalue weighted by Crippen LogP contribution is 2.34. The highest BCUT2D eigenvalue weighted by Gasteiger charge is 2.13. The molecule has 1 aliphatic rings. The number of carboxylic acids is 1. The molecular formula is C28H28ClN3O4. The number of aromatic amines is 1. The van der Waals surface area contributed by atoms with E-state index in [-0.39, 0.29) is 6.42 Å². The molecule has 2 heterocycles. The maximum atomic E-state index is 11.0. The molecule has 36 heavy (non-hydrogen) atoms. The Balaban J connectivity index is 1.26. The summed E-state index contributed by atoms with van der Waals surface area (Å²) >= 11 is 6.57. The van der Waals surface area contributed by atoms with Gasteiger partial charge in [0.05, 0.1) is 35.9 Å². The maximum absolute atomic E-state index is 11.0. The molecule has 186 valence electrons. The van der Waals surface area contributed by atoms with Gasteiger partial charge in [-0.05, 0) is 41.0 Å². The normalized spacial score (nSPS) is 14.2. The number of hydrogen-bond donors (Lipinski definition) is 2. The monoisotopic (exact) mass is 505 g/mol. The van der Waals surface area contributed by atoms with E-state index in [2.05, 4.69) is 39.4 Å². The molecule has 4 aromatic rings. The lowest BCUT2D eigenvalue weighted by Gasteiger charge is -2.26. The molecule has 0 atom stereocenters. The van der Waals surface area contributed by atoms with Crippen LogP contribution in [0.2, 0.25) is 5.02 Å². The summed E-state index contributed by atoms with van der Waals surface area (Å²) in [6, 6.07) is 20.2. The number of ether oxygens (including phenoxy) is 2. The quantitative estimate of drug-likeness (QED) is 0.322. The van der Waals surface area contributed by atoms with E-state index in [1.54, 1.807) is 0 Å². The van der Waals surface area contributed by atoms with E-state index in [1.807, 2.05) is 36.4 Å². The van der Waals surface area contributed by atoms with Crippen molar-refractivity contribution in [2.24, 2.45) is 0 Å². The number of aryl methyl sites for hydroxylation is 1. The Hall–Kier alpha value is -3.39. The van der Waals surface area contributed by atoms with E-state index in [0.29, 0.717) is 18.1 Å². The molecular weight excluding hydrogens is 478 g/mol.